The molecule has 2 aliphatic rings. The van der Waals surface area contributed by atoms with Crippen molar-refractivity contribution in [2.45, 2.75) is 38.4 Å². The first kappa shape index (κ1) is 20.3. The van der Waals surface area contributed by atoms with E-state index in [0.717, 1.165) is 4.88 Å². The van der Waals surface area contributed by atoms with E-state index in [-0.39, 0.29) is 11.9 Å². The van der Waals surface area contributed by atoms with Gasteiger partial charge in [-0.15, -0.1) is 11.3 Å². The summed E-state index contributed by atoms with van der Waals surface area (Å²) in [5, 5.41) is 10.6. The molecule has 0 bridgehead atoms. The third kappa shape index (κ3) is 4.02. The van der Waals surface area contributed by atoms with E-state index in [1.165, 1.54) is 21.1 Å². The van der Waals surface area contributed by atoms with Crippen LogP contribution in [0.4, 0.5) is 4.79 Å². The van der Waals surface area contributed by atoms with E-state index in [2.05, 4.69) is 0 Å². The minimum atomic E-state index is -1.16. The van der Waals surface area contributed by atoms with Crippen molar-refractivity contribution in [3.05, 3.63) is 22.4 Å². The molecule has 2 fully saturated rings. The van der Waals surface area contributed by atoms with Crippen LogP contribution in [0.25, 0.3) is 0 Å². The van der Waals surface area contributed by atoms with Crippen molar-refractivity contribution in [1.82, 2.24) is 14.7 Å². The summed E-state index contributed by atoms with van der Waals surface area (Å²) in [7, 11) is 0. The van der Waals surface area contributed by atoms with E-state index < -0.39 is 37.2 Å². The molecule has 0 spiro atoms. The zero-order valence-electron chi connectivity index (χ0n) is 15.6. The van der Waals surface area contributed by atoms with E-state index in [0.29, 0.717) is 32.5 Å². The van der Waals surface area contributed by atoms with Gasteiger partial charge in [0, 0.05) is 18.0 Å². The number of aliphatic carboxylic acids is 1. The molecule has 2 aliphatic heterocycles. The third-order valence-electron chi connectivity index (χ3n) is 4.89. The van der Waals surface area contributed by atoms with E-state index in [9.17, 15) is 19.2 Å². The zero-order valence-corrected chi connectivity index (χ0v) is 16.4. The fourth-order valence-electron chi connectivity index (χ4n) is 3.72. The smallest absolute Gasteiger partial charge is 0.329 e. The van der Waals surface area contributed by atoms with E-state index in [1.807, 2.05) is 24.4 Å². The molecule has 9 nitrogen and oxygen atoms in total. The molecular weight excluding hydrogens is 386 g/mol. The summed E-state index contributed by atoms with van der Waals surface area (Å²) < 4.78 is 4.90. The number of carboxylic acids is 1. The Kier molecular flexibility index (Phi) is 6.30. The second-order valence-electron chi connectivity index (χ2n) is 6.75. The quantitative estimate of drug-likeness (QED) is 0.686. The molecule has 2 saturated heterocycles. The van der Waals surface area contributed by atoms with Crippen LogP contribution in [0.15, 0.2) is 17.5 Å². The number of hydrogen-bond acceptors (Lipinski definition) is 6. The summed E-state index contributed by atoms with van der Waals surface area (Å²) in [6.07, 6.45) is 1.12. The molecule has 10 heteroatoms. The maximum atomic E-state index is 13.0. The lowest BCUT2D eigenvalue weighted by Gasteiger charge is -2.43. The number of amides is 4. The van der Waals surface area contributed by atoms with Gasteiger partial charge in [0.2, 0.25) is 5.91 Å². The maximum absolute atomic E-state index is 13.0. The number of rotatable bonds is 8. The topological polar surface area (TPSA) is 107 Å². The van der Waals surface area contributed by atoms with Crippen LogP contribution in [0.1, 0.15) is 24.6 Å². The standard InChI is InChI=1S/C18H23N3O6S/c1-2-6-20-17(25)16-13(21(18(20)26)9-12-4-3-8-28-12)5-7-19(16)14(22)10-27-11-15(23)24/h3-4,8,13,16H,2,5-7,9-11H2,1H3,(H,23,24). The number of urea groups is 1. The Balaban J connectivity index is 1.80. The highest BCUT2D eigenvalue weighted by Gasteiger charge is 2.52. The second-order valence-corrected chi connectivity index (χ2v) is 7.79. The van der Waals surface area contributed by atoms with Gasteiger partial charge in [0.1, 0.15) is 19.3 Å². The molecule has 0 aromatic carbocycles. The summed E-state index contributed by atoms with van der Waals surface area (Å²) in [5.74, 6) is -1.98. The molecule has 4 amide bonds. The average Bonchev–Trinajstić information content (AvgIpc) is 3.31. The molecule has 0 aliphatic carbocycles. The lowest BCUT2D eigenvalue weighted by molar-refractivity contribution is -0.151. The number of thiophene rings is 1. The average molecular weight is 409 g/mol. The molecule has 2 unspecified atom stereocenters. The SMILES string of the molecule is CCCN1C(=O)C2C(CCN2C(=O)COCC(=O)O)N(Cc2cccs2)C1=O. The number of ether oxygens (including phenoxy) is 1. The van der Waals surface area contributed by atoms with Crippen LogP contribution in [0.2, 0.25) is 0 Å². The molecule has 28 heavy (non-hydrogen) atoms. The van der Waals surface area contributed by atoms with Crippen molar-refractivity contribution >= 4 is 35.2 Å². The van der Waals surface area contributed by atoms with Gasteiger partial charge in [-0.2, -0.15) is 0 Å². The van der Waals surface area contributed by atoms with Gasteiger partial charge in [-0.25, -0.2) is 9.59 Å². The maximum Gasteiger partial charge on any atom is 0.329 e. The Labute approximate surface area is 166 Å². The number of fused-ring (bicyclic) bond motifs is 1. The Morgan fingerprint density at radius 3 is 2.75 bits per heavy atom. The number of imide groups is 1. The molecule has 2 atom stereocenters. The van der Waals surface area contributed by atoms with Gasteiger partial charge in [-0.05, 0) is 24.3 Å². The van der Waals surface area contributed by atoms with Gasteiger partial charge in [-0.3, -0.25) is 14.5 Å². The molecule has 3 heterocycles. The molecule has 152 valence electrons. The van der Waals surface area contributed by atoms with Crippen LogP contribution in [-0.2, 0) is 25.7 Å². The Morgan fingerprint density at radius 2 is 2.11 bits per heavy atom. The normalized spacial score (nSPS) is 22.0. The van der Waals surface area contributed by atoms with Crippen LogP contribution >= 0.6 is 11.3 Å². The fourth-order valence-corrected chi connectivity index (χ4v) is 4.43. The van der Waals surface area contributed by atoms with E-state index in [1.54, 1.807) is 4.90 Å². The van der Waals surface area contributed by atoms with Crippen molar-refractivity contribution in [3.63, 3.8) is 0 Å². The molecule has 1 aromatic rings. The predicted molar refractivity (Wildman–Crippen MR) is 99.6 cm³/mol. The second kappa shape index (κ2) is 8.70. The predicted octanol–water partition coefficient (Wildman–Crippen LogP) is 0.993. The van der Waals surface area contributed by atoms with Gasteiger partial charge in [0.15, 0.2) is 0 Å². The minimum absolute atomic E-state index is 0.291. The highest BCUT2D eigenvalue weighted by Crippen LogP contribution is 2.32. The summed E-state index contributed by atoms with van der Waals surface area (Å²) in [5.41, 5.74) is 0. The summed E-state index contributed by atoms with van der Waals surface area (Å²) in [4.78, 5) is 54.4. The summed E-state index contributed by atoms with van der Waals surface area (Å²) in [6.45, 7) is 1.90. The monoisotopic (exact) mass is 409 g/mol. The first-order valence-electron chi connectivity index (χ1n) is 9.17. The Hall–Kier alpha value is -2.46. The number of nitrogens with zero attached hydrogens (tertiary/aromatic N) is 3. The zero-order chi connectivity index (χ0) is 20.3. The Morgan fingerprint density at radius 1 is 1.32 bits per heavy atom. The van der Waals surface area contributed by atoms with Crippen molar-refractivity contribution < 1.29 is 29.0 Å². The van der Waals surface area contributed by atoms with E-state index in [4.69, 9.17) is 9.84 Å². The van der Waals surface area contributed by atoms with Crippen LogP contribution < -0.4 is 0 Å². The lowest BCUT2D eigenvalue weighted by atomic mass is 10.0. The molecule has 0 radical (unpaired) electrons. The Bertz CT molecular complexity index is 753. The molecule has 0 saturated carbocycles. The van der Waals surface area contributed by atoms with Crippen molar-refractivity contribution in [2.75, 3.05) is 26.3 Å². The number of carboxylic acid groups (broad SMARTS) is 1. The van der Waals surface area contributed by atoms with Gasteiger partial charge >= 0.3 is 12.0 Å². The number of hydrogen-bond donors (Lipinski definition) is 1. The first-order chi connectivity index (χ1) is 13.4. The van der Waals surface area contributed by atoms with E-state index >= 15 is 0 Å². The summed E-state index contributed by atoms with van der Waals surface area (Å²) in [6, 6.07) is 2.37. The number of carbonyl (C=O) groups is 4. The number of carbonyl (C=O) groups excluding carboxylic acids is 3. The molecule has 3 rings (SSSR count). The van der Waals surface area contributed by atoms with Gasteiger partial charge < -0.3 is 19.6 Å². The lowest BCUT2D eigenvalue weighted by Crippen LogP contribution is -2.65. The van der Waals surface area contributed by atoms with Crippen molar-refractivity contribution in [1.29, 1.82) is 0 Å². The van der Waals surface area contributed by atoms with Crippen molar-refractivity contribution in [2.24, 2.45) is 0 Å². The van der Waals surface area contributed by atoms with Gasteiger partial charge in [0.25, 0.3) is 5.91 Å². The third-order valence-corrected chi connectivity index (χ3v) is 5.75. The van der Waals surface area contributed by atoms with Crippen molar-refractivity contribution in [3.8, 4) is 0 Å². The molecule has 1 N–H and O–H groups in total. The first-order valence-corrected chi connectivity index (χ1v) is 10.0. The van der Waals surface area contributed by atoms with Gasteiger partial charge in [0.05, 0.1) is 12.6 Å². The van der Waals surface area contributed by atoms with Gasteiger partial charge in [-0.1, -0.05) is 13.0 Å². The highest BCUT2D eigenvalue weighted by molar-refractivity contribution is 7.09. The molecule has 1 aromatic heterocycles. The minimum Gasteiger partial charge on any atom is -0.480 e. The molecular formula is C18H23N3O6S. The largest absolute Gasteiger partial charge is 0.480 e. The van der Waals surface area contributed by atoms with Crippen LogP contribution in [-0.4, -0.2) is 82.0 Å². The highest BCUT2D eigenvalue weighted by atomic mass is 32.1. The fraction of sp³-hybridized carbons (Fsp3) is 0.556. The number of likely N-dealkylation sites (tertiary alicyclic amines) is 1. The van der Waals surface area contributed by atoms with Crippen LogP contribution in [0.3, 0.4) is 0 Å². The van der Waals surface area contributed by atoms with Crippen LogP contribution in [0, 0.1) is 0 Å². The van der Waals surface area contributed by atoms with Crippen LogP contribution in [0.5, 0.6) is 0 Å². The summed E-state index contributed by atoms with van der Waals surface area (Å²) >= 11 is 1.54.